The van der Waals surface area contributed by atoms with Crippen molar-refractivity contribution in [2.75, 3.05) is 52.4 Å². The summed E-state index contributed by atoms with van der Waals surface area (Å²) in [5, 5.41) is 0. The van der Waals surface area contributed by atoms with Crippen molar-refractivity contribution < 1.29 is 8.46 Å². The van der Waals surface area contributed by atoms with Gasteiger partial charge in [0.2, 0.25) is 0 Å². The molecule has 0 aliphatic heterocycles. The van der Waals surface area contributed by atoms with E-state index in [9.17, 15) is 0 Å². The van der Waals surface area contributed by atoms with Gasteiger partial charge in [-0.1, -0.05) is 107 Å². The van der Waals surface area contributed by atoms with Crippen LogP contribution in [0.1, 0.15) is 158 Å². The maximum atomic E-state index is 2.45. The molecule has 0 bridgehead atoms. The molecule has 12 heteroatoms. The number of rotatable bonds is 24. The third kappa shape index (κ3) is 50.9. The van der Waals surface area contributed by atoms with Gasteiger partial charge in [-0.3, -0.25) is 0 Å². The summed E-state index contributed by atoms with van der Waals surface area (Å²) in [7, 11) is 0. The molecule has 0 N–H and O–H groups in total. The van der Waals surface area contributed by atoms with E-state index in [4.69, 9.17) is 0 Å². The second kappa shape index (κ2) is 39.5. The fourth-order valence-electron chi connectivity index (χ4n) is 5.29. The average Bonchev–Trinajstić information content (AvgIpc) is 2.94. The quantitative estimate of drug-likeness (QED) is 0.0667. The standard InChI is InChI=1S/2C16H36N.2Co.8HI/c2*1-5-9-13-17(14-10-6-2,15-11-7-3)16-12-8-4;;;;;;;;;;/h2*5-16H2,1-4H3;;;8*1H/q2*+1;2*+3;;;;;;;;/p-8. The number of hydrogen-bond acceptors (Lipinski definition) is 0. The van der Waals surface area contributed by atoms with Crippen molar-refractivity contribution in [3.05, 3.63) is 0 Å². The Morgan fingerprint density at radius 2 is 0.364 bits per heavy atom. The van der Waals surface area contributed by atoms with Crippen LogP contribution in [0.4, 0.5) is 0 Å². The Hall–Kier alpha value is 6.77. The summed E-state index contributed by atoms with van der Waals surface area (Å²) in [5.41, 5.74) is 0. The fourth-order valence-corrected chi connectivity index (χ4v) is 5.29. The van der Waals surface area contributed by atoms with Gasteiger partial charge in [-0.2, -0.15) is 0 Å². The molecule has 0 radical (unpaired) electrons. The molecule has 0 rings (SSSR count). The van der Waals surface area contributed by atoms with E-state index in [1.54, 1.807) is 0 Å². The van der Waals surface area contributed by atoms with Crippen molar-refractivity contribution in [2.24, 2.45) is 0 Å². The number of halogens is 8. The molecule has 0 saturated heterocycles. The first-order valence-electron chi connectivity index (χ1n) is 17.2. The number of hydrogen-bond donors (Lipinski definition) is 0. The van der Waals surface area contributed by atoms with E-state index in [0.717, 1.165) is 0 Å². The summed E-state index contributed by atoms with van der Waals surface area (Å²) in [4.78, 5) is 0. The molecule has 0 saturated carbocycles. The van der Waals surface area contributed by atoms with Gasteiger partial charge in [-0.05, 0) is 51.4 Å². The normalized spacial score (nSPS) is 12.7. The Morgan fingerprint density at radius 1 is 0.273 bits per heavy atom. The van der Waals surface area contributed by atoms with Crippen molar-refractivity contribution in [1.82, 2.24) is 0 Å². The van der Waals surface area contributed by atoms with Gasteiger partial charge in [0.1, 0.15) is 0 Å². The maximum absolute atomic E-state index is 2.45. The fraction of sp³-hybridized carbons (Fsp3) is 1.00. The molecule has 0 fully saturated rings. The summed E-state index contributed by atoms with van der Waals surface area (Å²) in [5.74, 6) is 0. The average molecular weight is 1620 g/mol. The zero-order valence-corrected chi connectivity index (χ0v) is 48.9. The second-order valence-electron chi connectivity index (χ2n) is 11.9. The molecule has 0 atom stereocenters. The van der Waals surface area contributed by atoms with Crippen LogP contribution >= 0.6 is 163 Å². The third-order valence-corrected chi connectivity index (χ3v) is 7.89. The third-order valence-electron chi connectivity index (χ3n) is 7.89. The topological polar surface area (TPSA) is 0 Å². The zero-order chi connectivity index (χ0) is 35.0. The molecule has 44 heavy (non-hydrogen) atoms. The summed E-state index contributed by atoms with van der Waals surface area (Å²) in [6.07, 6.45) is 22.1. The van der Waals surface area contributed by atoms with Gasteiger partial charge in [-0.25, -0.2) is 0 Å². The molecule has 0 spiro atoms. The molecule has 0 aromatic heterocycles. The Balaban J connectivity index is -0.000000278. The summed E-state index contributed by atoms with van der Waals surface area (Å²) in [6.45, 7) is 30.0. The van der Waals surface area contributed by atoms with Gasteiger partial charge in [0.05, 0.1) is 52.4 Å². The Bertz CT molecular complexity index is 430. The summed E-state index contributed by atoms with van der Waals surface area (Å²) < 4.78 is 1.85. The molecule has 0 aromatic carbocycles. The number of quaternary nitrogens is 2. The molecule has 0 aliphatic carbocycles. The van der Waals surface area contributed by atoms with Crippen molar-refractivity contribution >= 4 is 163 Å². The SMILES string of the molecule is CCCC[N+](CCCC)(CCCC)CCCC.CCCC[N+](CCCC)(CCCC)CCCC.[I][Co-]([I])([I])[I].[I][Co-]([I])([I])[I]. The summed E-state index contributed by atoms with van der Waals surface area (Å²) in [6, 6.07) is 0. The minimum absolute atomic E-state index is 0.495. The Morgan fingerprint density at radius 3 is 0.432 bits per heavy atom. The molecule has 0 heterocycles. The number of nitrogens with zero attached hydrogens (tertiary/aromatic N) is 2. The van der Waals surface area contributed by atoms with Gasteiger partial charge < -0.3 is 8.97 Å². The van der Waals surface area contributed by atoms with Gasteiger partial charge >= 0.3 is 163 Å². The van der Waals surface area contributed by atoms with Crippen LogP contribution in [-0.4, -0.2) is 61.3 Å². The van der Waals surface area contributed by atoms with Gasteiger partial charge in [0, 0.05) is 0 Å². The molecule has 0 unspecified atom stereocenters. The predicted molar refractivity (Wildman–Crippen MR) is 271 cm³/mol. The molecular formula is C32H72Co2I8N2. The molecule has 0 aromatic rings. The molecule has 0 amide bonds. The second-order valence-corrected chi connectivity index (χ2v) is 117. The van der Waals surface area contributed by atoms with Gasteiger partial charge in [0.25, 0.3) is 0 Å². The van der Waals surface area contributed by atoms with Crippen molar-refractivity contribution in [3.63, 3.8) is 0 Å². The Kier molecular flexibility index (Phi) is 51.6. The van der Waals surface area contributed by atoms with E-state index in [2.05, 4.69) is 219 Å². The predicted octanol–water partition coefficient (Wildman–Crippen LogP) is 17.1. The van der Waals surface area contributed by atoms with E-state index < -0.39 is -0.508 Å². The van der Waals surface area contributed by atoms with Gasteiger partial charge in [0.15, 0.2) is 0 Å². The number of unbranched alkanes of at least 4 members (excludes halogenated alkanes) is 8. The van der Waals surface area contributed by atoms with E-state index in [1.165, 1.54) is 164 Å². The van der Waals surface area contributed by atoms with Crippen molar-refractivity contribution in [1.29, 1.82) is 0 Å². The first-order chi connectivity index (χ1) is 20.5. The van der Waals surface area contributed by atoms with Crippen LogP contribution in [-0.2, 0) is -0.508 Å². The molecule has 0 aliphatic rings. The van der Waals surface area contributed by atoms with E-state index >= 15 is 0 Å². The first kappa shape index (κ1) is 57.5. The van der Waals surface area contributed by atoms with Crippen LogP contribution in [0.25, 0.3) is 0 Å². The Labute approximate surface area is 374 Å². The van der Waals surface area contributed by atoms with Crippen LogP contribution in [0.15, 0.2) is 0 Å². The van der Waals surface area contributed by atoms with Crippen LogP contribution in [0.2, 0.25) is 0 Å². The molecule has 2 nitrogen and oxygen atoms in total. The van der Waals surface area contributed by atoms with Gasteiger partial charge in [-0.15, -0.1) is 0 Å². The van der Waals surface area contributed by atoms with E-state index in [0.29, 0.717) is 0 Å². The van der Waals surface area contributed by atoms with Crippen molar-refractivity contribution in [2.45, 2.75) is 158 Å². The van der Waals surface area contributed by atoms with E-state index in [-0.39, 0.29) is 0 Å². The molecule has 284 valence electrons. The van der Waals surface area contributed by atoms with E-state index in [1.807, 2.05) is 0 Å². The minimum atomic E-state index is -0.495. The van der Waals surface area contributed by atoms with Crippen LogP contribution in [0, 0.1) is 0 Å². The van der Waals surface area contributed by atoms with Crippen LogP contribution < -0.4 is 0 Å². The first-order valence-corrected chi connectivity index (χ1v) is 44.1. The summed E-state index contributed by atoms with van der Waals surface area (Å²) >= 11 is 19.6. The monoisotopic (exact) mass is 1620 g/mol. The van der Waals surface area contributed by atoms with Crippen LogP contribution in [0.3, 0.4) is 0 Å². The van der Waals surface area contributed by atoms with Crippen molar-refractivity contribution in [3.8, 4) is 0 Å². The molecular weight excluding hydrogens is 1550 g/mol. The van der Waals surface area contributed by atoms with Crippen LogP contribution in [0.5, 0.6) is 0 Å². The zero-order valence-electron chi connectivity index (χ0n) is 29.6.